The number of methoxy groups -OCH3 is 1. The number of allylic oxidation sites excluding steroid dienone is 3. The molecule has 1 aliphatic carbocycles. The second-order valence-electron chi connectivity index (χ2n) is 19.9. The van der Waals surface area contributed by atoms with Crippen molar-refractivity contribution in [1.82, 2.24) is 9.64 Å². The maximum absolute atomic E-state index is 12.5. The van der Waals surface area contributed by atoms with E-state index in [4.69, 9.17) is 32.9 Å². The van der Waals surface area contributed by atoms with E-state index >= 15 is 0 Å². The number of fused-ring (bicyclic) bond motifs is 2. The standard InChI is InChI=1S/C52H73N3O19S3/c1-51(2,3)43-37-40(73-46-36-39(15-17-42(43)46)53(22-11-35-76(62,63)64)24-25-69-28-29-71-32-33-72-31-30-70-27-26-68-5)12-9-13-47-52(4,21-10-34-75(59,60)61)44-38-41(77(65,66)67)16-18-45(44)54(47)23-8-6-7-14-50(58)74-55-48(56)19-20-49(55)57/h9,12-13,15-18,36-38H,6-8,10-11,14,19-35H2,1-5H3,(H2-,59,60,61,62,63,64,65,66,67)/p+1. The third kappa shape index (κ3) is 19.7. The number of carbonyl (C=O) groups is 3. The summed E-state index contributed by atoms with van der Waals surface area (Å²) in [5.41, 5.74) is 2.04. The van der Waals surface area contributed by atoms with Crippen LogP contribution < -0.4 is 14.8 Å². The average molecular weight is 1140 g/mol. The number of anilines is 1. The Kier molecular flexibility index (Phi) is 23.5. The third-order valence-corrected chi connectivity index (χ3v) is 15.3. The molecule has 0 radical (unpaired) electrons. The molecule has 25 heteroatoms. The van der Waals surface area contributed by atoms with Gasteiger partial charge in [0.05, 0.1) is 75.3 Å². The molecule has 0 aromatic heterocycles. The molecule has 1 saturated heterocycles. The highest BCUT2D eigenvalue weighted by atomic mass is 32.2. The van der Waals surface area contributed by atoms with Gasteiger partial charge in [-0.1, -0.05) is 33.3 Å². The van der Waals surface area contributed by atoms with Crippen molar-refractivity contribution in [3.63, 3.8) is 0 Å². The van der Waals surface area contributed by atoms with Gasteiger partial charge in [0.1, 0.15) is 24.7 Å². The van der Waals surface area contributed by atoms with Gasteiger partial charge in [-0.05, 0) is 91.6 Å². The minimum absolute atomic E-state index is 0.0159. The molecule has 3 aliphatic heterocycles. The van der Waals surface area contributed by atoms with Gasteiger partial charge in [0, 0.05) is 67.8 Å². The smallest absolute Gasteiger partial charge is 0.333 e. The first-order valence-electron chi connectivity index (χ1n) is 25.5. The van der Waals surface area contributed by atoms with Gasteiger partial charge in [-0.25, -0.2) is 9.37 Å². The van der Waals surface area contributed by atoms with Gasteiger partial charge in [-0.3, -0.25) is 23.2 Å². The van der Waals surface area contributed by atoms with E-state index in [-0.39, 0.29) is 62.0 Å². The molecule has 5 rings (SSSR count). The van der Waals surface area contributed by atoms with E-state index in [9.17, 15) is 53.3 Å². The number of rotatable bonds is 33. The fourth-order valence-corrected chi connectivity index (χ4v) is 10.5. The summed E-state index contributed by atoms with van der Waals surface area (Å²) >= 11 is 0. The quantitative estimate of drug-likeness (QED) is 0.0305. The number of hydrogen-bond donors (Lipinski definition) is 3. The van der Waals surface area contributed by atoms with Crippen molar-refractivity contribution in [2.45, 2.75) is 101 Å². The Morgan fingerprint density at radius 3 is 1.96 bits per heavy atom. The van der Waals surface area contributed by atoms with Gasteiger partial charge in [-0.2, -0.15) is 25.3 Å². The van der Waals surface area contributed by atoms with Crippen LogP contribution in [-0.2, 0) is 84.1 Å². The Hall–Kier alpha value is -4.93. The molecule has 2 amide bonds. The molecule has 22 nitrogen and oxygen atoms in total. The minimum Gasteiger partial charge on any atom is -0.456 e. The van der Waals surface area contributed by atoms with Gasteiger partial charge < -0.3 is 37.8 Å². The van der Waals surface area contributed by atoms with Crippen LogP contribution in [0.2, 0.25) is 0 Å². The second-order valence-corrected chi connectivity index (χ2v) is 24.4. The Morgan fingerprint density at radius 1 is 0.753 bits per heavy atom. The zero-order valence-electron chi connectivity index (χ0n) is 44.5. The molecule has 1 fully saturated rings. The summed E-state index contributed by atoms with van der Waals surface area (Å²) < 4.78 is 137. The van der Waals surface area contributed by atoms with E-state index < -0.39 is 65.1 Å². The molecule has 3 N–H and O–H groups in total. The lowest BCUT2D eigenvalue weighted by molar-refractivity contribution is -0.197. The topological polar surface area (TPSA) is 292 Å². The third-order valence-electron chi connectivity index (χ3n) is 12.9. The molecule has 1 aromatic rings. The Labute approximate surface area is 451 Å². The first kappa shape index (κ1) is 62.9. The molecule has 0 bridgehead atoms. The molecule has 1 atom stereocenters. The van der Waals surface area contributed by atoms with Crippen LogP contribution in [0.4, 0.5) is 5.69 Å². The van der Waals surface area contributed by atoms with Crippen LogP contribution in [0.25, 0.3) is 17.4 Å². The van der Waals surface area contributed by atoms with Crippen LogP contribution in [0.3, 0.4) is 0 Å². The maximum Gasteiger partial charge on any atom is 0.333 e. The van der Waals surface area contributed by atoms with E-state index in [0.717, 1.165) is 11.1 Å². The highest BCUT2D eigenvalue weighted by Crippen LogP contribution is 2.51. The van der Waals surface area contributed by atoms with Crippen molar-refractivity contribution in [2.24, 2.45) is 0 Å². The van der Waals surface area contributed by atoms with Gasteiger partial charge in [0.2, 0.25) is 5.36 Å². The van der Waals surface area contributed by atoms with E-state index in [2.05, 4.69) is 20.8 Å². The SMILES string of the molecule is COCCOCCOCCOCCOCC[N+](CCCS(=O)(=O)O)=c1ccc2c(C(C)(C)C)cc(/C=C/C=C3/N(CCCCCC(=O)ON4C(=O)CCC4=O)c4ccc(S(=O)(=O)O)cc4C3(C)CCCS(=O)(=O)O)oc-2c1. The Bertz CT molecular complexity index is 2930. The molecule has 4 aliphatic rings. The largest absolute Gasteiger partial charge is 0.456 e. The van der Waals surface area contributed by atoms with Crippen molar-refractivity contribution < 1.29 is 86.2 Å². The summed E-state index contributed by atoms with van der Waals surface area (Å²) in [4.78, 5) is 43.0. The van der Waals surface area contributed by atoms with Crippen molar-refractivity contribution >= 4 is 59.9 Å². The number of carbonyl (C=O) groups excluding carboxylic acids is 3. The van der Waals surface area contributed by atoms with Crippen LogP contribution in [-0.4, -0.2) is 159 Å². The fraction of sp³-hybridized carbons (Fsp3) is 0.577. The number of benzene rings is 2. The molecular weight excluding hydrogens is 1070 g/mol. The summed E-state index contributed by atoms with van der Waals surface area (Å²) in [7, 11) is -11.7. The Balaban J connectivity index is 1.43. The summed E-state index contributed by atoms with van der Waals surface area (Å²) in [6.45, 7) is 12.6. The number of unbranched alkanes of at least 4 members (excludes halogenated alkanes) is 2. The Morgan fingerprint density at radius 2 is 1.36 bits per heavy atom. The average Bonchev–Trinajstić information content (AvgIpc) is 3.78. The van der Waals surface area contributed by atoms with Crippen LogP contribution >= 0.6 is 0 Å². The molecule has 3 heterocycles. The molecule has 0 saturated carbocycles. The summed E-state index contributed by atoms with van der Waals surface area (Å²) in [5.74, 6) is -1.93. The number of imide groups is 1. The highest BCUT2D eigenvalue weighted by molar-refractivity contribution is 7.86. The predicted molar refractivity (Wildman–Crippen MR) is 285 cm³/mol. The first-order chi connectivity index (χ1) is 36.3. The minimum atomic E-state index is -4.67. The van der Waals surface area contributed by atoms with E-state index in [1.807, 2.05) is 46.7 Å². The monoisotopic (exact) mass is 1140 g/mol. The lowest BCUT2D eigenvalue weighted by Gasteiger charge is -2.30. The number of amides is 2. The van der Waals surface area contributed by atoms with Crippen LogP contribution in [0.5, 0.6) is 0 Å². The van der Waals surface area contributed by atoms with E-state index in [1.54, 1.807) is 25.3 Å². The lowest BCUT2D eigenvalue weighted by atomic mass is 9.77. The molecular formula is C52H74N3O19S3+. The summed E-state index contributed by atoms with van der Waals surface area (Å²) in [6.07, 6.45) is 6.77. The molecule has 428 valence electrons. The summed E-state index contributed by atoms with van der Waals surface area (Å²) in [6, 6.07) is 11.8. The zero-order valence-corrected chi connectivity index (χ0v) is 46.9. The maximum atomic E-state index is 12.5. The normalized spacial score (nSPS) is 17.4. The zero-order chi connectivity index (χ0) is 56.4. The number of hydroxylamine groups is 2. The van der Waals surface area contributed by atoms with Gasteiger partial charge >= 0.3 is 5.97 Å². The van der Waals surface area contributed by atoms with E-state index in [1.165, 1.54) is 12.1 Å². The van der Waals surface area contributed by atoms with Crippen molar-refractivity contribution in [2.75, 3.05) is 103 Å². The van der Waals surface area contributed by atoms with Gasteiger partial charge in [0.25, 0.3) is 42.2 Å². The second kappa shape index (κ2) is 28.8. The predicted octanol–water partition coefficient (Wildman–Crippen LogP) is 5.20. The van der Waals surface area contributed by atoms with Crippen LogP contribution in [0, 0.1) is 0 Å². The van der Waals surface area contributed by atoms with Crippen LogP contribution in [0.1, 0.15) is 102 Å². The summed E-state index contributed by atoms with van der Waals surface area (Å²) in [5, 5.41) is 1.21. The van der Waals surface area contributed by atoms with Crippen molar-refractivity contribution in [3.8, 4) is 11.3 Å². The van der Waals surface area contributed by atoms with Gasteiger partial charge in [-0.15, -0.1) is 5.06 Å². The fourth-order valence-electron chi connectivity index (χ4n) is 9.04. The molecule has 1 aromatic carbocycles. The first-order valence-corrected chi connectivity index (χ1v) is 30.2. The van der Waals surface area contributed by atoms with Crippen molar-refractivity contribution in [1.29, 1.82) is 0 Å². The van der Waals surface area contributed by atoms with Gasteiger partial charge in [0.15, 0.2) is 6.54 Å². The number of hydrogen-bond acceptors (Lipinski definition) is 17. The van der Waals surface area contributed by atoms with E-state index in [0.29, 0.717) is 124 Å². The molecule has 1 unspecified atom stereocenters. The van der Waals surface area contributed by atoms with Crippen molar-refractivity contribution in [3.05, 3.63) is 82.6 Å². The lowest BCUT2D eigenvalue weighted by Crippen LogP contribution is -2.35. The highest BCUT2D eigenvalue weighted by Gasteiger charge is 2.44. The molecule has 77 heavy (non-hydrogen) atoms. The number of ether oxygens (including phenoxy) is 5. The molecule has 0 spiro atoms. The number of nitrogens with zero attached hydrogens (tertiary/aromatic N) is 3. The van der Waals surface area contributed by atoms with Crippen LogP contribution in [0.15, 0.2) is 69.6 Å².